The molecule has 0 saturated carbocycles. The molecule has 0 unspecified atom stereocenters. The normalized spacial score (nSPS) is 11.9. The Morgan fingerprint density at radius 3 is 0.896 bits per heavy atom. The average molecular weight is 685 g/mol. The van der Waals surface area contributed by atoms with Gasteiger partial charge in [-0.3, -0.25) is 0 Å². The molecule has 0 atom stereocenters. The molecule has 0 aliphatic heterocycles. The predicted molar refractivity (Wildman–Crippen MR) is 185 cm³/mol. The van der Waals surface area contributed by atoms with Crippen LogP contribution >= 0.6 is 0 Å². The van der Waals surface area contributed by atoms with Gasteiger partial charge in [-0.25, -0.2) is 0 Å². The highest BCUT2D eigenvalue weighted by atomic mass is 32.2. The molecule has 0 aromatic heterocycles. The number of hydrogen-bond acceptors (Lipinski definition) is 12. The van der Waals surface area contributed by atoms with Crippen LogP contribution in [0.5, 0.6) is 11.5 Å². The van der Waals surface area contributed by atoms with Gasteiger partial charge in [-0.05, 0) is 121 Å². The van der Waals surface area contributed by atoms with Gasteiger partial charge in [0.25, 0.3) is 0 Å². The topological polar surface area (TPSA) is 143 Å². The summed E-state index contributed by atoms with van der Waals surface area (Å²) in [5.74, 6) is -0.0634. The zero-order valence-corrected chi connectivity index (χ0v) is 28.1. The van der Waals surface area contributed by atoms with Crippen molar-refractivity contribution in [2.75, 3.05) is 38.0 Å². The number of azo groups is 2. The lowest BCUT2D eigenvalue weighted by atomic mass is 10.3. The van der Waals surface area contributed by atoms with Crippen molar-refractivity contribution in [1.82, 2.24) is 0 Å². The summed E-state index contributed by atoms with van der Waals surface area (Å²) in [6.45, 7) is 0. The van der Waals surface area contributed by atoms with Gasteiger partial charge in [-0.2, -0.15) is 37.3 Å². The first kappa shape index (κ1) is 33.8. The summed E-state index contributed by atoms with van der Waals surface area (Å²) in [6.07, 6.45) is 0. The van der Waals surface area contributed by atoms with E-state index in [9.17, 15) is 16.8 Å². The molecule has 12 nitrogen and oxygen atoms in total. The van der Waals surface area contributed by atoms with E-state index < -0.39 is 20.2 Å². The summed E-state index contributed by atoms with van der Waals surface area (Å²) in [5.41, 5.74) is 4.27. The maximum atomic E-state index is 12.8. The number of anilines is 2. The molecule has 5 aromatic carbocycles. The molecule has 0 amide bonds. The minimum Gasteiger partial charge on any atom is -0.379 e. The van der Waals surface area contributed by atoms with E-state index in [4.69, 9.17) is 8.37 Å². The van der Waals surface area contributed by atoms with Gasteiger partial charge in [-0.15, -0.1) is 0 Å². The third kappa shape index (κ3) is 8.80. The van der Waals surface area contributed by atoms with E-state index >= 15 is 0 Å². The summed E-state index contributed by atoms with van der Waals surface area (Å²) in [5, 5.41) is 16.7. The highest BCUT2D eigenvalue weighted by Crippen LogP contribution is 2.28. The molecule has 14 heteroatoms. The van der Waals surface area contributed by atoms with Crippen LogP contribution in [0.2, 0.25) is 0 Å². The Balaban J connectivity index is 1.17. The average Bonchev–Trinajstić information content (AvgIpc) is 3.08. The summed E-state index contributed by atoms with van der Waals surface area (Å²) in [4.78, 5) is 3.76. The lowest BCUT2D eigenvalue weighted by Crippen LogP contribution is -2.10. The Bertz CT molecular complexity index is 1960. The van der Waals surface area contributed by atoms with Gasteiger partial charge in [0, 0.05) is 39.6 Å². The summed E-state index contributed by atoms with van der Waals surface area (Å²) < 4.78 is 61.8. The molecule has 0 fully saturated rings. The third-order valence-corrected chi connectivity index (χ3v) is 9.30. The molecule has 0 aliphatic carbocycles. The zero-order valence-electron chi connectivity index (χ0n) is 26.5. The van der Waals surface area contributed by atoms with Gasteiger partial charge >= 0.3 is 20.2 Å². The minimum absolute atomic E-state index is 0.0317. The van der Waals surface area contributed by atoms with Crippen molar-refractivity contribution in [2.45, 2.75) is 9.79 Å². The van der Waals surface area contributed by atoms with Gasteiger partial charge in [0.2, 0.25) is 0 Å². The number of benzene rings is 5. The van der Waals surface area contributed by atoms with Crippen molar-refractivity contribution >= 4 is 54.4 Å². The minimum atomic E-state index is -4.19. The van der Waals surface area contributed by atoms with Crippen LogP contribution in [0.3, 0.4) is 0 Å². The fourth-order valence-corrected chi connectivity index (χ4v) is 5.99. The van der Waals surface area contributed by atoms with Crippen LogP contribution in [-0.4, -0.2) is 45.0 Å². The molecule has 0 saturated heterocycles. The Kier molecular flexibility index (Phi) is 10.2. The van der Waals surface area contributed by atoms with Crippen molar-refractivity contribution in [3.8, 4) is 11.5 Å². The van der Waals surface area contributed by atoms with Crippen LogP contribution < -0.4 is 18.2 Å². The SMILES string of the molecule is CN(C)c1ccc(N=Nc2ccc(S(=O)(=O)Oc3ccc(OS(=O)(=O)c4ccc(N=Nc5ccc(N(C)C)cc5)cc4)cc3)cc2)cc1. The smallest absolute Gasteiger partial charge is 0.339 e. The summed E-state index contributed by atoms with van der Waals surface area (Å²) >= 11 is 0. The molecule has 0 bridgehead atoms. The van der Waals surface area contributed by atoms with Crippen molar-refractivity contribution in [3.63, 3.8) is 0 Å². The summed E-state index contributed by atoms with van der Waals surface area (Å²) in [7, 11) is -0.608. The van der Waals surface area contributed by atoms with Gasteiger partial charge in [0.1, 0.15) is 21.3 Å². The number of rotatable bonds is 12. The van der Waals surface area contributed by atoms with E-state index in [0.29, 0.717) is 22.7 Å². The second-order valence-corrected chi connectivity index (χ2v) is 13.8. The highest BCUT2D eigenvalue weighted by molar-refractivity contribution is 7.87. The van der Waals surface area contributed by atoms with Crippen LogP contribution in [0.1, 0.15) is 0 Å². The standard InChI is InChI=1S/C34H32N6O6S2/c1-39(2)29-13-5-25(6-14-29)35-37-27-9-21-33(22-10-27)47(41,42)45-31-17-19-32(20-18-31)46-48(43,44)34-23-11-28(12-24-34)38-36-26-7-15-30(16-8-26)40(3)4/h5-24H,1-4H3. The quantitative estimate of drug-likeness (QED) is 0.0946. The van der Waals surface area contributed by atoms with E-state index in [1.807, 2.05) is 86.5 Å². The van der Waals surface area contributed by atoms with Gasteiger partial charge < -0.3 is 18.2 Å². The molecule has 246 valence electrons. The van der Waals surface area contributed by atoms with Crippen molar-refractivity contribution in [1.29, 1.82) is 0 Å². The van der Waals surface area contributed by atoms with Crippen molar-refractivity contribution in [2.24, 2.45) is 20.5 Å². The molecule has 0 radical (unpaired) electrons. The lowest BCUT2D eigenvalue weighted by Gasteiger charge is -2.11. The molecule has 5 rings (SSSR count). The predicted octanol–water partition coefficient (Wildman–Crippen LogP) is 8.18. The first-order chi connectivity index (χ1) is 22.9. The molecule has 0 heterocycles. The molecule has 48 heavy (non-hydrogen) atoms. The number of hydrogen-bond donors (Lipinski definition) is 0. The maximum Gasteiger partial charge on any atom is 0.339 e. The molecular formula is C34H32N6O6S2. The fraction of sp³-hybridized carbons (Fsp3) is 0.118. The van der Waals surface area contributed by atoms with Gasteiger partial charge in [0.05, 0.1) is 22.7 Å². The second kappa shape index (κ2) is 14.4. The monoisotopic (exact) mass is 684 g/mol. The van der Waals surface area contributed by atoms with Crippen LogP contribution in [-0.2, 0) is 20.2 Å². The Morgan fingerprint density at radius 1 is 0.396 bits per heavy atom. The molecular weight excluding hydrogens is 653 g/mol. The Morgan fingerprint density at radius 2 is 0.646 bits per heavy atom. The third-order valence-electron chi connectivity index (χ3n) is 6.78. The van der Waals surface area contributed by atoms with E-state index in [0.717, 1.165) is 11.4 Å². The first-order valence-electron chi connectivity index (χ1n) is 14.5. The van der Waals surface area contributed by atoms with Gasteiger partial charge in [0.15, 0.2) is 0 Å². The van der Waals surface area contributed by atoms with Crippen LogP contribution in [0, 0.1) is 0 Å². The van der Waals surface area contributed by atoms with Crippen LogP contribution in [0.15, 0.2) is 152 Å². The van der Waals surface area contributed by atoms with E-state index in [1.165, 1.54) is 72.8 Å². The van der Waals surface area contributed by atoms with E-state index in [1.54, 1.807) is 0 Å². The molecule has 0 aliphatic rings. The Labute approximate surface area is 279 Å². The van der Waals surface area contributed by atoms with E-state index in [-0.39, 0.29) is 21.3 Å². The highest BCUT2D eigenvalue weighted by Gasteiger charge is 2.19. The summed E-state index contributed by atoms with van der Waals surface area (Å²) in [6, 6.07) is 31.6. The lowest BCUT2D eigenvalue weighted by molar-refractivity contribution is 0.478. The zero-order chi connectivity index (χ0) is 34.3. The van der Waals surface area contributed by atoms with Crippen LogP contribution in [0.4, 0.5) is 34.1 Å². The molecule has 0 N–H and O–H groups in total. The van der Waals surface area contributed by atoms with Crippen LogP contribution in [0.25, 0.3) is 0 Å². The first-order valence-corrected chi connectivity index (χ1v) is 17.3. The Hall–Kier alpha value is -5.60. The largest absolute Gasteiger partial charge is 0.379 e. The molecule has 5 aromatic rings. The maximum absolute atomic E-state index is 12.8. The fourth-order valence-electron chi connectivity index (χ4n) is 4.13. The second-order valence-electron chi connectivity index (χ2n) is 10.8. The number of nitrogens with zero attached hydrogens (tertiary/aromatic N) is 6. The van der Waals surface area contributed by atoms with Crippen molar-refractivity contribution in [3.05, 3.63) is 121 Å². The molecule has 0 spiro atoms. The van der Waals surface area contributed by atoms with E-state index in [2.05, 4.69) is 20.5 Å². The van der Waals surface area contributed by atoms with Gasteiger partial charge in [-0.1, -0.05) is 0 Å². The van der Waals surface area contributed by atoms with Crippen molar-refractivity contribution < 1.29 is 25.2 Å².